The predicted molar refractivity (Wildman–Crippen MR) is 123 cm³/mol. The second-order valence-corrected chi connectivity index (χ2v) is 8.93. The molecule has 0 amide bonds. The smallest absolute Gasteiger partial charge is 0.206 e. The van der Waals surface area contributed by atoms with Crippen LogP contribution in [0.5, 0.6) is 0 Å². The standard InChI is InChI=1S/C28H29FN/c1-17-14-21(20-8-5-6-9-20)16-25(19(17)3)28-24-13-12-23-22(10-7-11-27(23)29)26(24)15-18(2)30(28)4/h7,10-16,20H,5-6,8-9H2,1-4H3/q+1/i15D. The number of aromatic nitrogens is 1. The predicted octanol–water partition coefficient (Wildman–Crippen LogP) is 7.21. The maximum Gasteiger partial charge on any atom is 0.220 e. The minimum atomic E-state index is -0.235. The van der Waals surface area contributed by atoms with E-state index in [1.54, 1.807) is 6.07 Å². The van der Waals surface area contributed by atoms with Crippen LogP contribution in [0.25, 0.3) is 32.8 Å². The number of aryl methyl sites for hydroxylation is 1. The zero-order valence-electron chi connectivity index (χ0n) is 19.3. The molecule has 0 bridgehead atoms. The molecule has 30 heavy (non-hydrogen) atoms. The van der Waals surface area contributed by atoms with Crippen LogP contribution in [0, 0.1) is 26.6 Å². The van der Waals surface area contributed by atoms with E-state index in [2.05, 4.69) is 37.6 Å². The molecule has 152 valence electrons. The second-order valence-electron chi connectivity index (χ2n) is 8.93. The van der Waals surface area contributed by atoms with Gasteiger partial charge in [-0.15, -0.1) is 0 Å². The monoisotopic (exact) mass is 399 g/mol. The summed E-state index contributed by atoms with van der Waals surface area (Å²) in [4.78, 5) is 0. The van der Waals surface area contributed by atoms with Gasteiger partial charge in [0.2, 0.25) is 5.69 Å². The normalized spacial score (nSPS) is 15.3. The van der Waals surface area contributed by atoms with Gasteiger partial charge in [0.05, 0.1) is 12.3 Å². The topological polar surface area (TPSA) is 3.88 Å². The Morgan fingerprint density at radius 2 is 1.67 bits per heavy atom. The molecule has 1 aromatic heterocycles. The van der Waals surface area contributed by atoms with Crippen molar-refractivity contribution in [2.45, 2.75) is 52.4 Å². The van der Waals surface area contributed by atoms with E-state index in [1.165, 1.54) is 54.0 Å². The van der Waals surface area contributed by atoms with Crippen LogP contribution in [0.2, 0.25) is 0 Å². The Morgan fingerprint density at radius 1 is 0.933 bits per heavy atom. The van der Waals surface area contributed by atoms with Crippen molar-refractivity contribution in [3.8, 4) is 11.3 Å². The summed E-state index contributed by atoms with van der Waals surface area (Å²) in [7, 11) is 2.05. The first-order valence-corrected chi connectivity index (χ1v) is 11.0. The average molecular weight is 400 g/mol. The third-order valence-corrected chi connectivity index (χ3v) is 7.18. The third kappa shape index (κ3) is 2.93. The Labute approximate surface area is 179 Å². The fourth-order valence-corrected chi connectivity index (χ4v) is 5.22. The minimum absolute atomic E-state index is 0.235. The lowest BCUT2D eigenvalue weighted by Gasteiger charge is -2.17. The Balaban J connectivity index is 1.90. The molecule has 0 aliphatic heterocycles. The van der Waals surface area contributed by atoms with Crippen molar-refractivity contribution in [1.82, 2.24) is 0 Å². The first-order valence-electron chi connectivity index (χ1n) is 11.5. The molecule has 0 spiro atoms. The van der Waals surface area contributed by atoms with Crippen LogP contribution >= 0.6 is 0 Å². The van der Waals surface area contributed by atoms with Crippen molar-refractivity contribution in [3.05, 3.63) is 76.7 Å². The van der Waals surface area contributed by atoms with Gasteiger partial charge in [-0.05, 0) is 72.9 Å². The van der Waals surface area contributed by atoms with E-state index < -0.39 is 0 Å². The van der Waals surface area contributed by atoms with Gasteiger partial charge in [0.15, 0.2) is 5.69 Å². The largest absolute Gasteiger partial charge is 0.220 e. The van der Waals surface area contributed by atoms with Crippen molar-refractivity contribution >= 4 is 21.5 Å². The highest BCUT2D eigenvalue weighted by atomic mass is 19.1. The molecule has 1 aliphatic carbocycles. The first-order chi connectivity index (χ1) is 14.9. The summed E-state index contributed by atoms with van der Waals surface area (Å²) in [6.07, 6.45) is 5.16. The molecule has 1 nitrogen and oxygen atoms in total. The fourth-order valence-electron chi connectivity index (χ4n) is 5.22. The van der Waals surface area contributed by atoms with Gasteiger partial charge in [0.1, 0.15) is 12.9 Å². The van der Waals surface area contributed by atoms with Gasteiger partial charge < -0.3 is 0 Å². The van der Waals surface area contributed by atoms with Gasteiger partial charge in [0.25, 0.3) is 0 Å². The first kappa shape index (κ1) is 18.1. The molecule has 1 fully saturated rings. The SMILES string of the molecule is [2H]c1c(C)[n+](C)c(-c2cc(C3CCCC3)cc(C)c2C)c2ccc3c(F)cccc3c12. The summed E-state index contributed by atoms with van der Waals surface area (Å²) >= 11 is 0. The van der Waals surface area contributed by atoms with Crippen LogP contribution in [-0.4, -0.2) is 0 Å². The van der Waals surface area contributed by atoms with E-state index in [-0.39, 0.29) is 5.82 Å². The van der Waals surface area contributed by atoms with Crippen molar-refractivity contribution in [3.63, 3.8) is 0 Å². The van der Waals surface area contributed by atoms with Crippen LogP contribution in [0.15, 0.2) is 48.5 Å². The number of nitrogens with zero attached hydrogens (tertiary/aromatic N) is 1. The van der Waals surface area contributed by atoms with Crippen molar-refractivity contribution < 1.29 is 10.3 Å². The number of benzene rings is 3. The Morgan fingerprint density at radius 3 is 2.43 bits per heavy atom. The third-order valence-electron chi connectivity index (χ3n) is 7.18. The van der Waals surface area contributed by atoms with Crippen LogP contribution < -0.4 is 4.57 Å². The zero-order chi connectivity index (χ0) is 21.9. The highest BCUT2D eigenvalue weighted by Gasteiger charge is 2.25. The molecule has 1 aliphatic rings. The molecular formula is C28H29FN+. The minimum Gasteiger partial charge on any atom is -0.206 e. The van der Waals surface area contributed by atoms with Crippen molar-refractivity contribution in [2.75, 3.05) is 0 Å². The molecule has 4 aromatic rings. The second kappa shape index (κ2) is 7.19. The Hall–Kier alpha value is -2.74. The molecular weight excluding hydrogens is 369 g/mol. The summed E-state index contributed by atoms with van der Waals surface area (Å²) in [5, 5.41) is 3.25. The van der Waals surface area contributed by atoms with Crippen LogP contribution in [0.3, 0.4) is 0 Å². The number of halogens is 1. The van der Waals surface area contributed by atoms with Gasteiger partial charge in [-0.25, -0.2) is 4.39 Å². The lowest BCUT2D eigenvalue weighted by atomic mass is 9.88. The molecule has 0 atom stereocenters. The summed E-state index contributed by atoms with van der Waals surface area (Å²) in [6, 6.07) is 14.3. The number of fused-ring (bicyclic) bond motifs is 3. The summed E-state index contributed by atoms with van der Waals surface area (Å²) in [5.41, 5.74) is 7.26. The number of hydrogen-bond donors (Lipinski definition) is 0. The van der Waals surface area contributed by atoms with Crippen molar-refractivity contribution in [1.29, 1.82) is 0 Å². The lowest BCUT2D eigenvalue weighted by molar-refractivity contribution is -0.665. The molecule has 1 saturated carbocycles. The summed E-state index contributed by atoms with van der Waals surface area (Å²) in [6.45, 7) is 6.39. The van der Waals surface area contributed by atoms with E-state index in [4.69, 9.17) is 1.37 Å². The molecule has 0 saturated heterocycles. The van der Waals surface area contributed by atoms with E-state index in [9.17, 15) is 4.39 Å². The number of pyridine rings is 1. The fraction of sp³-hybridized carbons (Fsp3) is 0.321. The van der Waals surface area contributed by atoms with Crippen molar-refractivity contribution in [2.24, 2.45) is 7.05 Å². The van der Waals surface area contributed by atoms with E-state index >= 15 is 0 Å². The quantitative estimate of drug-likeness (QED) is 0.248. The molecule has 0 radical (unpaired) electrons. The van der Waals surface area contributed by atoms with E-state index in [0.29, 0.717) is 17.3 Å². The molecule has 0 N–H and O–H groups in total. The Bertz CT molecular complexity index is 1350. The molecule has 5 rings (SSSR count). The molecule has 0 unspecified atom stereocenters. The average Bonchev–Trinajstić information content (AvgIpc) is 3.29. The van der Waals surface area contributed by atoms with Gasteiger partial charge in [-0.2, -0.15) is 4.57 Å². The zero-order valence-corrected chi connectivity index (χ0v) is 18.3. The van der Waals surface area contributed by atoms with E-state index in [0.717, 1.165) is 27.5 Å². The maximum absolute atomic E-state index is 14.5. The maximum atomic E-state index is 14.5. The molecule has 2 heteroatoms. The highest BCUT2D eigenvalue weighted by Crippen LogP contribution is 2.39. The van der Waals surface area contributed by atoms with Crippen LogP contribution in [0.4, 0.5) is 4.39 Å². The number of rotatable bonds is 2. The van der Waals surface area contributed by atoms with Crippen LogP contribution in [-0.2, 0) is 7.05 Å². The summed E-state index contributed by atoms with van der Waals surface area (Å²) < 4.78 is 25.5. The molecule has 1 heterocycles. The van der Waals surface area contributed by atoms with Gasteiger partial charge in [-0.1, -0.05) is 37.1 Å². The number of hydrogen-bond acceptors (Lipinski definition) is 0. The van der Waals surface area contributed by atoms with Crippen LogP contribution in [0.1, 0.15) is 55.4 Å². The van der Waals surface area contributed by atoms with Gasteiger partial charge in [-0.3, -0.25) is 0 Å². The highest BCUT2D eigenvalue weighted by molar-refractivity contribution is 6.11. The molecule has 3 aromatic carbocycles. The Kier molecular flexibility index (Phi) is 4.33. The summed E-state index contributed by atoms with van der Waals surface area (Å²) in [5.74, 6) is 0.405. The van der Waals surface area contributed by atoms with Gasteiger partial charge >= 0.3 is 0 Å². The van der Waals surface area contributed by atoms with E-state index in [1.807, 2.05) is 25.1 Å². The lowest BCUT2D eigenvalue weighted by Crippen LogP contribution is -2.35. The van der Waals surface area contributed by atoms with Gasteiger partial charge in [0, 0.05) is 23.7 Å².